The van der Waals surface area contributed by atoms with E-state index in [1.165, 1.54) is 25.7 Å². The molecule has 0 aliphatic rings. The number of carbonyl (C=O) groups is 4. The molecule has 390 valence electrons. The van der Waals surface area contributed by atoms with Gasteiger partial charge in [0.05, 0.1) is 47.7 Å². The third kappa shape index (κ3) is 19.0. The molecule has 0 unspecified atom stereocenters. The van der Waals surface area contributed by atoms with Crippen LogP contribution in [0.4, 0.5) is 0 Å². The minimum Gasteiger partial charge on any atom is -0.494 e. The first-order valence-electron chi connectivity index (χ1n) is 26.8. The average molecular weight is 1000 g/mol. The molecule has 6 rings (SSSR count). The molecule has 0 aliphatic carbocycles. The summed E-state index contributed by atoms with van der Waals surface area (Å²) in [4.78, 5) is 51.0. The van der Waals surface area contributed by atoms with Gasteiger partial charge in [-0.3, -0.25) is 0 Å². The Morgan fingerprint density at radius 1 is 0.324 bits per heavy atom. The number of benzene rings is 6. The summed E-state index contributed by atoms with van der Waals surface area (Å²) in [5, 5.41) is 0. The molecule has 0 heterocycles. The van der Waals surface area contributed by atoms with Crippen molar-refractivity contribution in [3.05, 3.63) is 168 Å². The molecule has 0 radical (unpaired) electrons. The standard InChI is InChI=1S/C64H74O10/c1-5-7-9-15-19-47(3)71-61(65)53-25-21-49(22-26-53)51-29-41-59(42-30-51)73-63(67)55-33-37-57(38-34-55)69-45-17-13-11-12-14-18-46-70-58-39-35-56(36-40-58)64(68)74-60-43-31-52(32-44-60)50-23-27-54(28-24-50)62(66)72-48(4)20-16-10-8-6-2/h21-44,47-48H,5-20,45-46H2,1-4H3/t47-,48-/m0/s1. The minimum atomic E-state index is -0.452. The summed E-state index contributed by atoms with van der Waals surface area (Å²) in [5.41, 5.74) is 5.65. The van der Waals surface area contributed by atoms with Crippen molar-refractivity contribution in [1.82, 2.24) is 0 Å². The quantitative estimate of drug-likeness (QED) is 0.0236. The highest BCUT2D eigenvalue weighted by Crippen LogP contribution is 2.27. The second kappa shape index (κ2) is 30.7. The van der Waals surface area contributed by atoms with Crippen molar-refractivity contribution in [3.63, 3.8) is 0 Å². The van der Waals surface area contributed by atoms with Crippen LogP contribution in [-0.4, -0.2) is 49.3 Å². The fourth-order valence-electron chi connectivity index (χ4n) is 8.36. The molecule has 2 atom stereocenters. The maximum atomic E-state index is 12.9. The van der Waals surface area contributed by atoms with Crippen LogP contribution in [0.3, 0.4) is 0 Å². The molecule has 0 N–H and O–H groups in total. The molecule has 10 heteroatoms. The van der Waals surface area contributed by atoms with Crippen LogP contribution in [-0.2, 0) is 9.47 Å². The van der Waals surface area contributed by atoms with E-state index in [1.54, 1.807) is 97.1 Å². The van der Waals surface area contributed by atoms with Crippen LogP contribution in [0.25, 0.3) is 22.3 Å². The highest BCUT2D eigenvalue weighted by Gasteiger charge is 2.16. The van der Waals surface area contributed by atoms with E-state index in [9.17, 15) is 19.2 Å². The molecule has 0 saturated carbocycles. The van der Waals surface area contributed by atoms with Crippen LogP contribution in [0.2, 0.25) is 0 Å². The van der Waals surface area contributed by atoms with Gasteiger partial charge in [0, 0.05) is 0 Å². The molecule has 0 aliphatic heterocycles. The van der Waals surface area contributed by atoms with E-state index in [4.69, 9.17) is 28.4 Å². The van der Waals surface area contributed by atoms with Crippen LogP contribution in [0.1, 0.15) is 172 Å². The van der Waals surface area contributed by atoms with E-state index >= 15 is 0 Å². The fourth-order valence-corrected chi connectivity index (χ4v) is 8.36. The van der Waals surface area contributed by atoms with Gasteiger partial charge in [0.2, 0.25) is 0 Å². The highest BCUT2D eigenvalue weighted by atomic mass is 16.6. The van der Waals surface area contributed by atoms with E-state index in [0.29, 0.717) is 58.5 Å². The maximum absolute atomic E-state index is 12.9. The first-order valence-corrected chi connectivity index (χ1v) is 26.8. The Morgan fingerprint density at radius 3 is 0.932 bits per heavy atom. The number of carbonyl (C=O) groups excluding carboxylic acids is 4. The van der Waals surface area contributed by atoms with Gasteiger partial charge in [0.25, 0.3) is 0 Å². The van der Waals surface area contributed by atoms with E-state index < -0.39 is 11.9 Å². The van der Waals surface area contributed by atoms with Gasteiger partial charge < -0.3 is 28.4 Å². The van der Waals surface area contributed by atoms with Crippen molar-refractivity contribution >= 4 is 23.9 Å². The molecule has 0 spiro atoms. The monoisotopic (exact) mass is 1000 g/mol. The second-order valence-electron chi connectivity index (χ2n) is 19.0. The molecule has 10 nitrogen and oxygen atoms in total. The zero-order chi connectivity index (χ0) is 52.3. The first-order chi connectivity index (χ1) is 36.1. The minimum absolute atomic E-state index is 0.111. The van der Waals surface area contributed by atoms with Gasteiger partial charge in [-0.15, -0.1) is 0 Å². The number of hydrogen-bond donors (Lipinski definition) is 0. The normalized spacial score (nSPS) is 11.8. The van der Waals surface area contributed by atoms with Crippen LogP contribution in [0, 0.1) is 0 Å². The van der Waals surface area contributed by atoms with E-state index in [-0.39, 0.29) is 24.1 Å². The topological polar surface area (TPSA) is 124 Å². The number of ether oxygens (including phenoxy) is 6. The summed E-state index contributed by atoms with van der Waals surface area (Å²) in [6.07, 6.45) is 16.9. The zero-order valence-corrected chi connectivity index (χ0v) is 43.8. The third-order valence-corrected chi connectivity index (χ3v) is 12.8. The molecule has 6 aromatic rings. The Bertz CT molecular complexity index is 2420. The molecule has 0 amide bonds. The molecule has 0 fully saturated rings. The van der Waals surface area contributed by atoms with Crippen LogP contribution >= 0.6 is 0 Å². The molecule has 6 aromatic carbocycles. The molecule has 0 aromatic heterocycles. The average Bonchev–Trinajstić information content (AvgIpc) is 3.42. The summed E-state index contributed by atoms with van der Waals surface area (Å²) in [6.45, 7) is 9.44. The number of esters is 4. The summed E-state index contributed by atoms with van der Waals surface area (Å²) in [5.74, 6) is 0.755. The molecular formula is C64H74O10. The van der Waals surface area contributed by atoms with Gasteiger partial charge in [-0.05, 0) is 172 Å². The van der Waals surface area contributed by atoms with Gasteiger partial charge >= 0.3 is 23.9 Å². The Kier molecular flexibility index (Phi) is 23.3. The first kappa shape index (κ1) is 56.1. The summed E-state index contributed by atoms with van der Waals surface area (Å²) < 4.78 is 34.4. The summed E-state index contributed by atoms with van der Waals surface area (Å²) >= 11 is 0. The third-order valence-electron chi connectivity index (χ3n) is 12.8. The number of rotatable bonds is 31. The van der Waals surface area contributed by atoms with E-state index in [0.717, 1.165) is 99.3 Å². The Hall–Kier alpha value is -7.20. The maximum Gasteiger partial charge on any atom is 0.343 e. The SMILES string of the molecule is CCCCCC[C@H](C)OC(=O)c1ccc(-c2ccc(OC(=O)c3ccc(OCCCCCCCCOc4ccc(C(=O)Oc5ccc(-c6ccc(C(=O)O[C@@H](C)CCCCCC)cc6)cc5)cc4)cc3)cc2)cc1. The highest BCUT2D eigenvalue weighted by molar-refractivity contribution is 5.93. The van der Waals surface area contributed by atoms with Gasteiger partial charge in [-0.2, -0.15) is 0 Å². The van der Waals surface area contributed by atoms with Gasteiger partial charge in [-0.1, -0.05) is 127 Å². The van der Waals surface area contributed by atoms with Gasteiger partial charge in [0.1, 0.15) is 23.0 Å². The Balaban J connectivity index is 0.792. The molecule has 0 saturated heterocycles. The Labute approximate surface area is 438 Å². The second-order valence-corrected chi connectivity index (χ2v) is 19.0. The van der Waals surface area contributed by atoms with E-state index in [1.807, 2.05) is 62.4 Å². The molecular weight excluding hydrogens is 929 g/mol. The summed E-state index contributed by atoms with van der Waals surface area (Å²) in [6, 6.07) is 43.2. The lowest BCUT2D eigenvalue weighted by atomic mass is 10.0. The molecule has 74 heavy (non-hydrogen) atoms. The molecule has 0 bridgehead atoms. The predicted octanol–water partition coefficient (Wildman–Crippen LogP) is 16.3. The van der Waals surface area contributed by atoms with Crippen molar-refractivity contribution in [2.75, 3.05) is 13.2 Å². The number of hydrogen-bond acceptors (Lipinski definition) is 10. The van der Waals surface area contributed by atoms with Crippen molar-refractivity contribution in [2.45, 2.75) is 143 Å². The van der Waals surface area contributed by atoms with E-state index in [2.05, 4.69) is 13.8 Å². The predicted molar refractivity (Wildman–Crippen MR) is 293 cm³/mol. The Morgan fingerprint density at radius 2 is 0.595 bits per heavy atom. The smallest absolute Gasteiger partial charge is 0.343 e. The number of unbranched alkanes of at least 4 members (excludes halogenated alkanes) is 11. The van der Waals surface area contributed by atoms with Crippen molar-refractivity contribution in [2.24, 2.45) is 0 Å². The van der Waals surface area contributed by atoms with Gasteiger partial charge in [0.15, 0.2) is 0 Å². The van der Waals surface area contributed by atoms with Crippen molar-refractivity contribution in [1.29, 1.82) is 0 Å². The summed E-state index contributed by atoms with van der Waals surface area (Å²) in [7, 11) is 0. The lowest BCUT2D eigenvalue weighted by molar-refractivity contribution is 0.0309. The fraction of sp³-hybridized carbons (Fsp3) is 0.375. The van der Waals surface area contributed by atoms with Gasteiger partial charge in [-0.25, -0.2) is 19.2 Å². The lowest BCUT2D eigenvalue weighted by Crippen LogP contribution is -2.15. The van der Waals surface area contributed by atoms with Crippen molar-refractivity contribution < 1.29 is 47.6 Å². The van der Waals surface area contributed by atoms with Crippen LogP contribution in [0.15, 0.2) is 146 Å². The van der Waals surface area contributed by atoms with Crippen LogP contribution < -0.4 is 18.9 Å². The zero-order valence-electron chi connectivity index (χ0n) is 43.8. The van der Waals surface area contributed by atoms with Crippen molar-refractivity contribution in [3.8, 4) is 45.3 Å². The van der Waals surface area contributed by atoms with Crippen LogP contribution in [0.5, 0.6) is 23.0 Å². The largest absolute Gasteiger partial charge is 0.494 e. The lowest BCUT2D eigenvalue weighted by Gasteiger charge is -2.13.